The first-order valence-electron chi connectivity index (χ1n) is 10.4. The van der Waals surface area contributed by atoms with Gasteiger partial charge in [0.15, 0.2) is 0 Å². The minimum Gasteiger partial charge on any atom is -0.348 e. The zero-order valence-corrected chi connectivity index (χ0v) is 17.8. The molecule has 3 aromatic rings. The summed E-state index contributed by atoms with van der Waals surface area (Å²) in [4.78, 5) is 36.3. The predicted octanol–water partition coefficient (Wildman–Crippen LogP) is 2.47. The molecule has 0 spiro atoms. The number of rotatable bonds is 5. The van der Waals surface area contributed by atoms with Crippen LogP contribution in [0.4, 0.5) is 0 Å². The van der Waals surface area contributed by atoms with Crippen molar-refractivity contribution in [3.63, 3.8) is 0 Å². The molecule has 1 aliphatic rings. The van der Waals surface area contributed by atoms with E-state index in [1.807, 2.05) is 42.2 Å². The van der Waals surface area contributed by atoms with Gasteiger partial charge in [0.1, 0.15) is 5.82 Å². The largest absolute Gasteiger partial charge is 0.348 e. The molecule has 160 valence electrons. The molecule has 1 fully saturated rings. The van der Waals surface area contributed by atoms with Crippen LogP contribution in [-0.2, 0) is 13.6 Å². The summed E-state index contributed by atoms with van der Waals surface area (Å²) >= 11 is 0. The number of carbonyl (C=O) groups excluding carboxylic acids is 2. The third-order valence-electron chi connectivity index (χ3n) is 5.56. The Morgan fingerprint density at radius 3 is 2.71 bits per heavy atom. The average Bonchev–Trinajstić information content (AvgIpc) is 3.24. The van der Waals surface area contributed by atoms with Gasteiger partial charge in [-0.2, -0.15) is 5.10 Å². The fraction of sp³-hybridized carbons (Fsp3) is 0.348. The van der Waals surface area contributed by atoms with Crippen molar-refractivity contribution in [1.82, 2.24) is 30.0 Å². The van der Waals surface area contributed by atoms with E-state index in [-0.39, 0.29) is 17.7 Å². The molecule has 8 nitrogen and oxygen atoms in total. The highest BCUT2D eigenvalue weighted by Gasteiger charge is 2.28. The molecule has 1 aromatic carbocycles. The molecule has 2 aromatic heterocycles. The molecule has 0 saturated carbocycles. The van der Waals surface area contributed by atoms with Crippen LogP contribution >= 0.6 is 0 Å². The van der Waals surface area contributed by atoms with Crippen molar-refractivity contribution < 1.29 is 9.59 Å². The molecule has 0 aliphatic carbocycles. The second kappa shape index (κ2) is 9.07. The quantitative estimate of drug-likeness (QED) is 0.687. The molecule has 31 heavy (non-hydrogen) atoms. The van der Waals surface area contributed by atoms with Gasteiger partial charge in [0.25, 0.3) is 11.8 Å². The average molecular weight is 419 g/mol. The smallest absolute Gasteiger partial charge is 0.257 e. The summed E-state index contributed by atoms with van der Waals surface area (Å²) in [6.45, 7) is 3.55. The van der Waals surface area contributed by atoms with E-state index in [1.165, 1.54) is 0 Å². The van der Waals surface area contributed by atoms with Crippen LogP contribution in [0.2, 0.25) is 0 Å². The van der Waals surface area contributed by atoms with Gasteiger partial charge in [-0.1, -0.05) is 30.3 Å². The third-order valence-corrected chi connectivity index (χ3v) is 5.56. The first kappa shape index (κ1) is 20.7. The molecular weight excluding hydrogens is 392 g/mol. The van der Waals surface area contributed by atoms with Crippen LogP contribution in [-0.4, -0.2) is 49.6 Å². The Bertz CT molecular complexity index is 1080. The van der Waals surface area contributed by atoms with E-state index in [0.29, 0.717) is 42.3 Å². The van der Waals surface area contributed by atoms with Crippen LogP contribution in [0.3, 0.4) is 0 Å². The topological polar surface area (TPSA) is 93.0 Å². The normalized spacial score (nSPS) is 16.2. The van der Waals surface area contributed by atoms with Crippen molar-refractivity contribution >= 4 is 11.8 Å². The van der Waals surface area contributed by atoms with Crippen LogP contribution in [0.15, 0.2) is 48.9 Å². The second-order valence-corrected chi connectivity index (χ2v) is 7.89. The number of benzene rings is 1. The monoisotopic (exact) mass is 418 g/mol. The number of carbonyl (C=O) groups is 2. The van der Waals surface area contributed by atoms with Gasteiger partial charge in [-0.15, -0.1) is 0 Å². The van der Waals surface area contributed by atoms with Crippen molar-refractivity contribution in [2.45, 2.75) is 32.2 Å². The Balaban J connectivity index is 1.42. The maximum atomic E-state index is 12.8. The number of piperidine rings is 1. The summed E-state index contributed by atoms with van der Waals surface area (Å²) in [6.07, 6.45) is 6.72. The van der Waals surface area contributed by atoms with E-state index >= 15 is 0 Å². The molecule has 1 atom stereocenters. The summed E-state index contributed by atoms with van der Waals surface area (Å²) in [6, 6.07) is 9.76. The highest BCUT2D eigenvalue weighted by molar-refractivity contribution is 5.95. The van der Waals surface area contributed by atoms with Gasteiger partial charge in [-0.3, -0.25) is 14.3 Å². The maximum absolute atomic E-state index is 12.8. The zero-order chi connectivity index (χ0) is 21.8. The Kier molecular flexibility index (Phi) is 6.06. The lowest BCUT2D eigenvalue weighted by Crippen LogP contribution is -2.39. The number of likely N-dealkylation sites (tertiary alicyclic amines) is 1. The Morgan fingerprint density at radius 2 is 2.00 bits per heavy atom. The van der Waals surface area contributed by atoms with Gasteiger partial charge >= 0.3 is 0 Å². The highest BCUT2D eigenvalue weighted by atomic mass is 16.2. The molecule has 1 aliphatic heterocycles. The minimum absolute atomic E-state index is 0.0218. The standard InChI is InChI=1S/C23H26N6O2/c1-16-20(22(30)25-11-17-7-4-3-5-8-17)13-24-21(27-16)18-9-6-10-29(15-18)23(31)19-12-26-28(2)14-19/h3-5,7-8,12-14,18H,6,9-11,15H2,1-2H3,(H,25,30). The number of hydrogen-bond acceptors (Lipinski definition) is 5. The van der Waals surface area contributed by atoms with Crippen molar-refractivity contribution in [3.8, 4) is 0 Å². The summed E-state index contributed by atoms with van der Waals surface area (Å²) in [7, 11) is 1.80. The predicted molar refractivity (Wildman–Crippen MR) is 115 cm³/mol. The number of nitrogens with zero attached hydrogens (tertiary/aromatic N) is 5. The first-order valence-corrected chi connectivity index (χ1v) is 10.4. The Labute approximate surface area is 181 Å². The molecule has 0 radical (unpaired) electrons. The van der Waals surface area contributed by atoms with Crippen molar-refractivity contribution in [2.24, 2.45) is 7.05 Å². The van der Waals surface area contributed by atoms with Crippen LogP contribution < -0.4 is 5.32 Å². The van der Waals surface area contributed by atoms with E-state index in [9.17, 15) is 9.59 Å². The van der Waals surface area contributed by atoms with E-state index in [1.54, 1.807) is 30.3 Å². The van der Waals surface area contributed by atoms with Crippen molar-refractivity contribution in [1.29, 1.82) is 0 Å². The van der Waals surface area contributed by atoms with Crippen LogP contribution in [0.5, 0.6) is 0 Å². The number of amides is 2. The maximum Gasteiger partial charge on any atom is 0.257 e. The van der Waals surface area contributed by atoms with Crippen molar-refractivity contribution in [2.75, 3.05) is 13.1 Å². The van der Waals surface area contributed by atoms with Gasteiger partial charge in [-0.25, -0.2) is 9.97 Å². The van der Waals surface area contributed by atoms with E-state index in [2.05, 4.69) is 20.4 Å². The fourth-order valence-corrected chi connectivity index (χ4v) is 3.86. The first-order chi connectivity index (χ1) is 15.0. The van der Waals surface area contributed by atoms with Gasteiger partial charge in [0, 0.05) is 45.0 Å². The van der Waals surface area contributed by atoms with Crippen LogP contribution in [0.25, 0.3) is 0 Å². The summed E-state index contributed by atoms with van der Waals surface area (Å²) in [5.41, 5.74) is 2.74. The van der Waals surface area contributed by atoms with Crippen LogP contribution in [0.1, 0.15) is 56.6 Å². The second-order valence-electron chi connectivity index (χ2n) is 7.89. The lowest BCUT2D eigenvalue weighted by atomic mass is 9.96. The summed E-state index contributed by atoms with van der Waals surface area (Å²) in [5, 5.41) is 7.01. The van der Waals surface area contributed by atoms with Gasteiger partial charge in [0.05, 0.1) is 23.0 Å². The summed E-state index contributed by atoms with van der Waals surface area (Å²) < 4.78 is 1.63. The number of hydrogen-bond donors (Lipinski definition) is 1. The zero-order valence-electron chi connectivity index (χ0n) is 17.8. The van der Waals surface area contributed by atoms with Crippen LogP contribution in [0, 0.1) is 6.92 Å². The molecule has 1 N–H and O–H groups in total. The van der Waals surface area contributed by atoms with Gasteiger partial charge in [-0.05, 0) is 25.3 Å². The van der Waals surface area contributed by atoms with Crippen molar-refractivity contribution in [3.05, 3.63) is 77.1 Å². The summed E-state index contributed by atoms with van der Waals surface area (Å²) in [5.74, 6) is 0.520. The van der Waals surface area contributed by atoms with Gasteiger partial charge < -0.3 is 10.2 Å². The number of aromatic nitrogens is 4. The Hall–Kier alpha value is -3.55. The van der Waals surface area contributed by atoms with Gasteiger partial charge in [0.2, 0.25) is 0 Å². The lowest BCUT2D eigenvalue weighted by Gasteiger charge is -2.32. The molecule has 0 bridgehead atoms. The molecule has 1 unspecified atom stereocenters. The molecular formula is C23H26N6O2. The number of nitrogens with one attached hydrogen (secondary N) is 1. The molecule has 4 rings (SSSR count). The third kappa shape index (κ3) is 4.79. The van der Waals surface area contributed by atoms with E-state index < -0.39 is 0 Å². The highest BCUT2D eigenvalue weighted by Crippen LogP contribution is 2.26. The molecule has 2 amide bonds. The molecule has 3 heterocycles. The number of aryl methyl sites for hydroxylation is 2. The Morgan fingerprint density at radius 1 is 1.19 bits per heavy atom. The SMILES string of the molecule is Cc1nc(C2CCCN(C(=O)c3cnn(C)c3)C2)ncc1C(=O)NCc1ccccc1. The molecule has 8 heteroatoms. The fourth-order valence-electron chi connectivity index (χ4n) is 3.86. The van der Waals surface area contributed by atoms with E-state index in [4.69, 9.17) is 0 Å². The molecule has 1 saturated heterocycles. The minimum atomic E-state index is -0.190. The van der Waals surface area contributed by atoms with E-state index in [0.717, 1.165) is 18.4 Å². The lowest BCUT2D eigenvalue weighted by molar-refractivity contribution is 0.0704.